The van der Waals surface area contributed by atoms with Crippen molar-refractivity contribution in [2.75, 3.05) is 47.9 Å². The van der Waals surface area contributed by atoms with Gasteiger partial charge in [-0.2, -0.15) is 0 Å². The molecule has 0 aromatic heterocycles. The van der Waals surface area contributed by atoms with E-state index in [1.807, 2.05) is 12.1 Å². The van der Waals surface area contributed by atoms with Crippen LogP contribution in [0.3, 0.4) is 0 Å². The Kier molecular flexibility index (Phi) is 11.6. The molecule has 1 aromatic carbocycles. The number of guanidine groups is 1. The Bertz CT molecular complexity index is 501. The minimum Gasteiger partial charge on any atom is -0.493 e. The van der Waals surface area contributed by atoms with Gasteiger partial charge in [-0.1, -0.05) is 6.07 Å². The van der Waals surface area contributed by atoms with Gasteiger partial charge >= 0.3 is 0 Å². The van der Waals surface area contributed by atoms with Crippen LogP contribution in [-0.2, 0) is 0 Å². The van der Waals surface area contributed by atoms with Gasteiger partial charge in [0.1, 0.15) is 0 Å². The second-order valence-electron chi connectivity index (χ2n) is 5.34. The van der Waals surface area contributed by atoms with Crippen molar-refractivity contribution in [1.82, 2.24) is 15.5 Å². The van der Waals surface area contributed by atoms with Crippen LogP contribution in [0.25, 0.3) is 0 Å². The highest BCUT2D eigenvalue weighted by Crippen LogP contribution is 2.31. The van der Waals surface area contributed by atoms with Crippen molar-refractivity contribution in [3.8, 4) is 11.5 Å². The number of nitrogens with zero attached hydrogens (tertiary/aromatic N) is 2. The first kappa shape index (κ1) is 22.8. The van der Waals surface area contributed by atoms with Crippen molar-refractivity contribution in [1.29, 1.82) is 0 Å². The molecule has 0 fully saturated rings. The zero-order valence-electron chi connectivity index (χ0n) is 15.5. The highest BCUT2D eigenvalue weighted by molar-refractivity contribution is 14.0. The van der Waals surface area contributed by atoms with E-state index in [0.717, 1.165) is 36.1 Å². The zero-order chi connectivity index (χ0) is 17.2. The van der Waals surface area contributed by atoms with Crippen molar-refractivity contribution in [3.63, 3.8) is 0 Å². The van der Waals surface area contributed by atoms with E-state index >= 15 is 0 Å². The quantitative estimate of drug-likeness (QED) is 0.362. The first-order chi connectivity index (χ1) is 11.1. The summed E-state index contributed by atoms with van der Waals surface area (Å²) < 4.78 is 10.7. The average Bonchev–Trinajstić information content (AvgIpc) is 2.54. The molecule has 7 heteroatoms. The first-order valence-electron chi connectivity index (χ1n) is 7.97. The van der Waals surface area contributed by atoms with Crippen LogP contribution in [0.4, 0.5) is 0 Å². The standard InChI is InChI=1S/C17H30N4O2.HI/c1-7-18-17(19-8-2)20-12-14(21(3)4)13-9-10-15(22-5)16(11-13)23-6;/h9-11,14H,7-8,12H2,1-6H3,(H2,18,19,20);1H. The Morgan fingerprint density at radius 2 is 1.67 bits per heavy atom. The van der Waals surface area contributed by atoms with Crippen LogP contribution >= 0.6 is 24.0 Å². The van der Waals surface area contributed by atoms with E-state index in [1.165, 1.54) is 0 Å². The van der Waals surface area contributed by atoms with Crippen LogP contribution in [0.15, 0.2) is 23.2 Å². The largest absolute Gasteiger partial charge is 0.493 e. The van der Waals surface area contributed by atoms with Gasteiger partial charge in [-0.05, 0) is 45.6 Å². The zero-order valence-corrected chi connectivity index (χ0v) is 17.9. The number of nitrogens with one attached hydrogen (secondary N) is 2. The lowest BCUT2D eigenvalue weighted by Crippen LogP contribution is -2.37. The average molecular weight is 450 g/mol. The second-order valence-corrected chi connectivity index (χ2v) is 5.34. The fourth-order valence-electron chi connectivity index (χ4n) is 2.31. The predicted octanol–water partition coefficient (Wildman–Crippen LogP) is 2.50. The lowest BCUT2D eigenvalue weighted by molar-refractivity contribution is 0.303. The molecule has 0 spiro atoms. The minimum atomic E-state index is 0. The maximum Gasteiger partial charge on any atom is 0.191 e. The van der Waals surface area contributed by atoms with E-state index in [-0.39, 0.29) is 30.0 Å². The van der Waals surface area contributed by atoms with Crippen LogP contribution in [0.5, 0.6) is 11.5 Å². The van der Waals surface area contributed by atoms with Crippen LogP contribution in [-0.4, -0.2) is 58.8 Å². The third kappa shape index (κ3) is 6.72. The third-order valence-corrected chi connectivity index (χ3v) is 3.53. The molecule has 0 aliphatic heterocycles. The van der Waals surface area contributed by atoms with Gasteiger partial charge in [0.15, 0.2) is 17.5 Å². The van der Waals surface area contributed by atoms with Crippen LogP contribution in [0, 0.1) is 0 Å². The second kappa shape index (κ2) is 12.2. The number of rotatable bonds is 8. The van der Waals surface area contributed by atoms with Gasteiger partial charge in [0.05, 0.1) is 26.8 Å². The lowest BCUT2D eigenvalue weighted by atomic mass is 10.1. The fraction of sp³-hybridized carbons (Fsp3) is 0.588. The number of methoxy groups -OCH3 is 2. The van der Waals surface area contributed by atoms with Crippen molar-refractivity contribution in [2.45, 2.75) is 19.9 Å². The number of halogens is 1. The summed E-state index contributed by atoms with van der Waals surface area (Å²) >= 11 is 0. The molecule has 0 amide bonds. The van der Waals surface area contributed by atoms with Gasteiger partial charge in [0.25, 0.3) is 0 Å². The molecular formula is C17H31IN4O2. The number of benzene rings is 1. The van der Waals surface area contributed by atoms with Gasteiger partial charge in [-0.25, -0.2) is 0 Å². The highest BCUT2D eigenvalue weighted by Gasteiger charge is 2.16. The van der Waals surface area contributed by atoms with Crippen molar-refractivity contribution in [2.24, 2.45) is 4.99 Å². The van der Waals surface area contributed by atoms with Crippen molar-refractivity contribution < 1.29 is 9.47 Å². The predicted molar refractivity (Wildman–Crippen MR) is 111 cm³/mol. The van der Waals surface area contributed by atoms with Gasteiger partial charge < -0.3 is 25.0 Å². The van der Waals surface area contributed by atoms with E-state index in [0.29, 0.717) is 6.54 Å². The van der Waals surface area contributed by atoms with E-state index in [9.17, 15) is 0 Å². The molecule has 0 aliphatic rings. The summed E-state index contributed by atoms with van der Waals surface area (Å²) in [5, 5.41) is 6.49. The molecule has 6 nitrogen and oxygen atoms in total. The molecular weight excluding hydrogens is 419 g/mol. The topological polar surface area (TPSA) is 58.1 Å². The lowest BCUT2D eigenvalue weighted by Gasteiger charge is -2.24. The molecule has 0 saturated carbocycles. The molecule has 1 atom stereocenters. The van der Waals surface area contributed by atoms with Gasteiger partial charge in [0.2, 0.25) is 0 Å². The summed E-state index contributed by atoms with van der Waals surface area (Å²) in [7, 11) is 7.40. The van der Waals surface area contributed by atoms with E-state index in [2.05, 4.69) is 54.5 Å². The van der Waals surface area contributed by atoms with Gasteiger partial charge in [-0.3, -0.25) is 4.99 Å². The summed E-state index contributed by atoms with van der Waals surface area (Å²) in [6, 6.07) is 6.16. The summed E-state index contributed by atoms with van der Waals surface area (Å²) in [6.07, 6.45) is 0. The summed E-state index contributed by atoms with van der Waals surface area (Å²) in [4.78, 5) is 6.83. The molecule has 0 aliphatic carbocycles. The van der Waals surface area contributed by atoms with E-state index in [1.54, 1.807) is 14.2 Å². The minimum absolute atomic E-state index is 0. The van der Waals surface area contributed by atoms with Crippen molar-refractivity contribution >= 4 is 29.9 Å². The maximum absolute atomic E-state index is 5.41. The maximum atomic E-state index is 5.41. The van der Waals surface area contributed by atoms with Crippen molar-refractivity contribution in [3.05, 3.63) is 23.8 Å². The Morgan fingerprint density at radius 1 is 1.08 bits per heavy atom. The monoisotopic (exact) mass is 450 g/mol. The molecule has 0 bridgehead atoms. The molecule has 1 unspecified atom stereocenters. The summed E-state index contributed by atoms with van der Waals surface area (Å²) in [5.74, 6) is 2.31. The molecule has 24 heavy (non-hydrogen) atoms. The van der Waals surface area contributed by atoms with Crippen LogP contribution < -0.4 is 20.1 Å². The molecule has 1 rings (SSSR count). The normalized spacial score (nSPS) is 11.3. The molecule has 0 saturated heterocycles. The molecule has 1 aromatic rings. The Balaban J connectivity index is 0.00000529. The smallest absolute Gasteiger partial charge is 0.191 e. The molecule has 0 heterocycles. The summed E-state index contributed by atoms with van der Waals surface area (Å²) in [6.45, 7) is 6.46. The van der Waals surface area contributed by atoms with E-state index in [4.69, 9.17) is 9.47 Å². The molecule has 0 radical (unpaired) electrons. The number of ether oxygens (including phenoxy) is 2. The Labute approximate surface area is 163 Å². The SMILES string of the molecule is CCNC(=NCC(c1ccc(OC)c(OC)c1)N(C)C)NCC.I. The molecule has 138 valence electrons. The van der Waals surface area contributed by atoms with Gasteiger partial charge in [0, 0.05) is 13.1 Å². The number of hydrogen-bond acceptors (Lipinski definition) is 4. The Hall–Kier alpha value is -1.22. The fourth-order valence-corrected chi connectivity index (χ4v) is 2.31. The number of aliphatic imine (C=N–C) groups is 1. The number of hydrogen-bond donors (Lipinski definition) is 2. The summed E-state index contributed by atoms with van der Waals surface area (Å²) in [5.41, 5.74) is 1.14. The highest BCUT2D eigenvalue weighted by atomic mass is 127. The Morgan fingerprint density at radius 3 is 2.12 bits per heavy atom. The van der Waals surface area contributed by atoms with Crippen LogP contribution in [0.1, 0.15) is 25.5 Å². The van der Waals surface area contributed by atoms with Gasteiger partial charge in [-0.15, -0.1) is 24.0 Å². The van der Waals surface area contributed by atoms with Crippen LogP contribution in [0.2, 0.25) is 0 Å². The third-order valence-electron chi connectivity index (χ3n) is 3.53. The number of likely N-dealkylation sites (N-methyl/N-ethyl adjacent to an activating group) is 1. The molecule has 2 N–H and O–H groups in total. The van der Waals surface area contributed by atoms with E-state index < -0.39 is 0 Å². The first-order valence-corrected chi connectivity index (χ1v) is 7.97.